The van der Waals surface area contributed by atoms with E-state index in [9.17, 15) is 14.7 Å². The van der Waals surface area contributed by atoms with Crippen molar-refractivity contribution in [2.75, 3.05) is 37.2 Å². The zero-order valence-corrected chi connectivity index (χ0v) is 38.6. The van der Waals surface area contributed by atoms with E-state index in [4.69, 9.17) is 30.9 Å². The summed E-state index contributed by atoms with van der Waals surface area (Å²) in [6.07, 6.45) is 6.33. The van der Waals surface area contributed by atoms with Crippen molar-refractivity contribution in [2.24, 2.45) is 36.1 Å². The number of aliphatic hydroxyl groups is 1. The molecule has 4 aromatic carbocycles. The number of thiophene rings is 1. The molecule has 0 spiro atoms. The highest BCUT2D eigenvalue weighted by Gasteiger charge is 2.68. The van der Waals surface area contributed by atoms with Crippen LogP contribution < -0.4 is 24.0 Å². The van der Waals surface area contributed by atoms with Gasteiger partial charge in [-0.1, -0.05) is 65.7 Å². The molecule has 4 amide bonds. The first kappa shape index (κ1) is 43.4. The molecule has 12 nitrogen and oxygen atoms in total. The third-order valence-corrected chi connectivity index (χ3v) is 15.6. The molecule has 2 saturated heterocycles. The average Bonchev–Trinajstić information content (AvgIpc) is 4.00. The molecule has 0 unspecified atom stereocenters. The fraction of sp³-hybridized carbons (Fsp3) is 0.288. The molecule has 66 heavy (non-hydrogen) atoms. The van der Waals surface area contributed by atoms with E-state index in [1.807, 2.05) is 98.8 Å². The highest BCUT2D eigenvalue weighted by Crippen LogP contribution is 2.64. The zero-order valence-electron chi connectivity index (χ0n) is 37.0. The highest BCUT2D eigenvalue weighted by atomic mass is 35.5. The van der Waals surface area contributed by atoms with Gasteiger partial charge in [0.1, 0.15) is 35.4 Å². The molecule has 2 aliphatic heterocycles. The number of carbonyl (C=O) groups is 4. The Kier molecular flexibility index (Phi) is 11.0. The fourth-order valence-electron chi connectivity index (χ4n) is 10.9. The van der Waals surface area contributed by atoms with Crippen LogP contribution in [0.5, 0.6) is 17.2 Å². The van der Waals surface area contributed by atoms with E-state index >= 15 is 9.59 Å². The normalized spacial score (nSPS) is 23.7. The third-order valence-electron chi connectivity index (χ3n) is 14.1. The van der Waals surface area contributed by atoms with E-state index in [-0.39, 0.29) is 49.7 Å². The number of aryl methyl sites for hydroxylation is 2. The number of imide groups is 2. The van der Waals surface area contributed by atoms with Crippen molar-refractivity contribution in [3.63, 3.8) is 0 Å². The van der Waals surface area contributed by atoms with Gasteiger partial charge in [-0.2, -0.15) is 5.10 Å². The monoisotopic (exact) mass is 922 g/mol. The predicted molar refractivity (Wildman–Crippen MR) is 255 cm³/mol. The van der Waals surface area contributed by atoms with Crippen LogP contribution in [0.1, 0.15) is 47.9 Å². The van der Waals surface area contributed by atoms with Crippen molar-refractivity contribution in [1.82, 2.24) is 9.78 Å². The molecule has 1 saturated carbocycles. The summed E-state index contributed by atoms with van der Waals surface area (Å²) >= 11 is 7.93. The maximum Gasteiger partial charge on any atom is 0.242 e. The van der Waals surface area contributed by atoms with Crippen LogP contribution in [0, 0.1) is 36.0 Å². The molecule has 0 bridgehead atoms. The topological polar surface area (TPSA) is 140 Å². The largest absolute Gasteiger partial charge is 0.497 e. The Morgan fingerprint density at radius 1 is 0.879 bits per heavy atom. The molecule has 2 aliphatic carbocycles. The Morgan fingerprint density at radius 3 is 2.42 bits per heavy atom. The van der Waals surface area contributed by atoms with Crippen molar-refractivity contribution in [1.29, 1.82) is 0 Å². The Bertz CT molecular complexity index is 3050. The highest BCUT2D eigenvalue weighted by molar-refractivity contribution is 7.22. The number of hydrogen-bond donors (Lipinski definition) is 1. The molecule has 0 radical (unpaired) electrons. The summed E-state index contributed by atoms with van der Waals surface area (Å²) in [5.74, 6) is -2.73. The Hall–Kier alpha value is -6.54. The molecule has 4 aliphatic rings. The number of ether oxygens (including phenoxy) is 3. The van der Waals surface area contributed by atoms with Gasteiger partial charge in [0.25, 0.3) is 0 Å². The number of benzene rings is 4. The second-order valence-corrected chi connectivity index (χ2v) is 19.0. The summed E-state index contributed by atoms with van der Waals surface area (Å²) in [6, 6.07) is 27.7. The smallest absolute Gasteiger partial charge is 0.242 e. The van der Waals surface area contributed by atoms with E-state index in [1.165, 1.54) is 9.80 Å². The van der Waals surface area contributed by atoms with Gasteiger partial charge in [0.2, 0.25) is 23.6 Å². The summed E-state index contributed by atoms with van der Waals surface area (Å²) in [7, 11) is 4.94. The van der Waals surface area contributed by atoms with Gasteiger partial charge in [-0.15, -0.1) is 11.3 Å². The van der Waals surface area contributed by atoms with Gasteiger partial charge >= 0.3 is 0 Å². The fourth-order valence-corrected chi connectivity index (χ4v) is 12.3. The number of fused-ring (bicyclic) bond motifs is 5. The lowest BCUT2D eigenvalue weighted by Gasteiger charge is -2.49. The molecular weight excluding hydrogens is 876 g/mol. The number of aromatic nitrogens is 2. The van der Waals surface area contributed by atoms with Crippen molar-refractivity contribution in [2.45, 2.75) is 32.6 Å². The molecular formula is C52H47ClN4O8S. The molecule has 6 aromatic rings. The van der Waals surface area contributed by atoms with Gasteiger partial charge in [0, 0.05) is 39.9 Å². The number of hydrogen-bond acceptors (Lipinski definition) is 10. The number of aliphatic hydroxyl groups excluding tert-OH is 1. The number of nitrogens with zero attached hydrogens (tertiary/aromatic N) is 4. The van der Waals surface area contributed by atoms with Gasteiger partial charge in [-0.3, -0.25) is 28.8 Å². The number of para-hydroxylation sites is 1. The Morgan fingerprint density at radius 2 is 1.67 bits per heavy atom. The summed E-state index contributed by atoms with van der Waals surface area (Å²) < 4.78 is 19.7. The first-order valence-corrected chi connectivity index (χ1v) is 23.1. The van der Waals surface area contributed by atoms with Crippen LogP contribution in [0.15, 0.2) is 103 Å². The lowest BCUT2D eigenvalue weighted by Crippen LogP contribution is -2.49. The van der Waals surface area contributed by atoms with E-state index < -0.39 is 35.0 Å². The summed E-state index contributed by atoms with van der Waals surface area (Å²) in [6.45, 7) is 3.65. The number of allylic oxidation sites excluding steroid dienone is 2. The van der Waals surface area contributed by atoms with Crippen LogP contribution >= 0.6 is 22.9 Å². The van der Waals surface area contributed by atoms with E-state index in [1.54, 1.807) is 61.6 Å². The lowest BCUT2D eigenvalue weighted by molar-refractivity contribution is -0.131. The van der Waals surface area contributed by atoms with Crippen LogP contribution in [-0.2, 0) is 26.2 Å². The van der Waals surface area contributed by atoms with Crippen molar-refractivity contribution in [3.8, 4) is 27.8 Å². The van der Waals surface area contributed by atoms with Gasteiger partial charge in [0.05, 0.1) is 54.6 Å². The lowest BCUT2D eigenvalue weighted by atomic mass is 9.51. The van der Waals surface area contributed by atoms with Crippen LogP contribution in [0.25, 0.3) is 32.8 Å². The molecule has 2 aromatic heterocycles. The van der Waals surface area contributed by atoms with Crippen LogP contribution in [0.4, 0.5) is 11.5 Å². The average molecular weight is 923 g/mol. The zero-order chi connectivity index (χ0) is 46.2. The first-order chi connectivity index (χ1) is 31.9. The van der Waals surface area contributed by atoms with Gasteiger partial charge in [-0.25, -0.2) is 4.90 Å². The van der Waals surface area contributed by atoms with Crippen LogP contribution in [-0.4, -0.2) is 65.9 Å². The minimum atomic E-state index is -1.32. The maximum absolute atomic E-state index is 15.4. The van der Waals surface area contributed by atoms with Gasteiger partial charge in [-0.05, 0) is 104 Å². The molecule has 336 valence electrons. The second-order valence-electron chi connectivity index (χ2n) is 17.5. The second kappa shape index (κ2) is 16.7. The van der Waals surface area contributed by atoms with Crippen molar-refractivity contribution >= 4 is 80.3 Å². The van der Waals surface area contributed by atoms with Crippen molar-refractivity contribution < 1.29 is 38.5 Å². The molecule has 6 atom stereocenters. The standard InChI is InChI=1S/C52H47ClN4O8S/c1-28-37-25-31(53)14-21-43(37)66-47(28)40-27-44(55(3)54-40)57-49(60)39-26-38-34(46(52(39,2)51(57)62)35-8-6-7-9-42(35)65-23-22-58)18-19-36-45(38)50(61)56(48(36)59)32-15-11-29(12-16-32)10-13-30-24-33(63-4)17-20-41(30)64-5/h6-18,20-21,24-25,27,36,38-39,45-46,58H,19,22-23,26H2,1-5H3/t36-,38+,39-,45-,46+,52+/m0/s1. The number of methoxy groups -OCH3 is 2. The van der Waals surface area contributed by atoms with Crippen LogP contribution in [0.3, 0.4) is 0 Å². The number of rotatable bonds is 11. The van der Waals surface area contributed by atoms with E-state index in [0.717, 1.165) is 37.2 Å². The Balaban J connectivity index is 1.01. The number of anilines is 2. The number of halogens is 1. The number of amides is 4. The minimum Gasteiger partial charge on any atom is -0.497 e. The summed E-state index contributed by atoms with van der Waals surface area (Å²) in [5.41, 5.74) is 3.94. The van der Waals surface area contributed by atoms with Gasteiger partial charge in [0.15, 0.2) is 0 Å². The van der Waals surface area contributed by atoms with E-state index in [2.05, 4.69) is 0 Å². The minimum absolute atomic E-state index is 0.0168. The predicted octanol–water partition coefficient (Wildman–Crippen LogP) is 9.26. The van der Waals surface area contributed by atoms with Crippen LogP contribution in [0.2, 0.25) is 5.02 Å². The third kappa shape index (κ3) is 6.77. The summed E-state index contributed by atoms with van der Waals surface area (Å²) in [4.78, 5) is 63.3. The molecule has 4 heterocycles. The first-order valence-electron chi connectivity index (χ1n) is 21.9. The number of carbonyl (C=O) groups excluding carboxylic acids is 4. The molecule has 1 N–H and O–H groups in total. The molecule has 14 heteroatoms. The molecule has 10 rings (SSSR count). The SMILES string of the molecule is COc1ccc(OC)c(C=Cc2ccc(N3C(=O)[C@H]4[C@H](CC=C5[C@H]4C[C@H]4C(=O)N(c6cc(-c7sc8ccc(Cl)cc8c7C)nn6C)C(=O)[C@@]4(C)[C@H]5c4ccccc4OCCO)C3=O)cc2)c1. The summed E-state index contributed by atoms with van der Waals surface area (Å²) in [5, 5.41) is 16.3. The van der Waals surface area contributed by atoms with Gasteiger partial charge < -0.3 is 19.3 Å². The quantitative estimate of drug-likeness (QED) is 0.0765. The van der Waals surface area contributed by atoms with E-state index in [0.29, 0.717) is 45.0 Å². The maximum atomic E-state index is 15.4. The van der Waals surface area contributed by atoms with Crippen molar-refractivity contribution in [3.05, 3.63) is 130 Å². The molecule has 3 fully saturated rings. The Labute approximate surface area is 390 Å².